The number of ether oxygens (including phenoxy) is 1. The van der Waals surface area contributed by atoms with Crippen LogP contribution in [0.4, 0.5) is 5.69 Å². The average Bonchev–Trinajstić information content (AvgIpc) is 2.86. The highest BCUT2D eigenvalue weighted by Gasteiger charge is 2.36. The van der Waals surface area contributed by atoms with E-state index < -0.39 is 0 Å². The standard InChI is InChI=1S/C15H20BrNO/c1-11-9-13(6-5-12(11)10-16)17-7-8-18-15-4-2-3-14(15)17/h5-6,9,14-15H,2-4,7-8,10H2,1H3. The Hall–Kier alpha value is -0.540. The number of hydrogen-bond donors (Lipinski definition) is 0. The van der Waals surface area contributed by atoms with Crippen molar-refractivity contribution in [3.63, 3.8) is 0 Å². The number of rotatable bonds is 2. The van der Waals surface area contributed by atoms with Crippen molar-refractivity contribution in [3.05, 3.63) is 29.3 Å². The summed E-state index contributed by atoms with van der Waals surface area (Å²) >= 11 is 3.54. The molecular formula is C15H20BrNO. The van der Waals surface area contributed by atoms with E-state index in [1.807, 2.05) is 0 Å². The Bertz CT molecular complexity index is 435. The average molecular weight is 310 g/mol. The van der Waals surface area contributed by atoms with Crippen molar-refractivity contribution in [1.82, 2.24) is 0 Å². The van der Waals surface area contributed by atoms with Crippen LogP contribution >= 0.6 is 15.9 Å². The van der Waals surface area contributed by atoms with Crippen molar-refractivity contribution in [2.45, 2.75) is 43.7 Å². The fraction of sp³-hybridized carbons (Fsp3) is 0.600. The van der Waals surface area contributed by atoms with Crippen LogP contribution in [0.25, 0.3) is 0 Å². The minimum atomic E-state index is 0.468. The van der Waals surface area contributed by atoms with E-state index >= 15 is 0 Å². The monoisotopic (exact) mass is 309 g/mol. The normalized spacial score (nSPS) is 27.3. The lowest BCUT2D eigenvalue weighted by molar-refractivity contribution is 0.0256. The van der Waals surface area contributed by atoms with Gasteiger partial charge in [-0.2, -0.15) is 0 Å². The summed E-state index contributed by atoms with van der Waals surface area (Å²) < 4.78 is 5.88. The predicted molar refractivity (Wildman–Crippen MR) is 78.5 cm³/mol. The maximum atomic E-state index is 5.88. The molecule has 2 aliphatic rings. The predicted octanol–water partition coefficient (Wildman–Crippen LogP) is 3.65. The molecule has 98 valence electrons. The highest BCUT2D eigenvalue weighted by Crippen LogP contribution is 2.33. The van der Waals surface area contributed by atoms with E-state index in [1.54, 1.807) is 0 Å². The maximum absolute atomic E-state index is 5.88. The zero-order valence-electron chi connectivity index (χ0n) is 10.9. The Balaban J connectivity index is 1.87. The fourth-order valence-corrected chi connectivity index (χ4v) is 3.88. The molecule has 0 radical (unpaired) electrons. The molecule has 18 heavy (non-hydrogen) atoms. The maximum Gasteiger partial charge on any atom is 0.0779 e. The Morgan fingerprint density at radius 2 is 2.28 bits per heavy atom. The van der Waals surface area contributed by atoms with E-state index in [2.05, 4.69) is 46.0 Å². The van der Waals surface area contributed by atoms with E-state index in [1.165, 1.54) is 36.1 Å². The summed E-state index contributed by atoms with van der Waals surface area (Å²) in [6.07, 6.45) is 4.29. The lowest BCUT2D eigenvalue weighted by Crippen LogP contribution is -2.48. The summed E-state index contributed by atoms with van der Waals surface area (Å²) in [6, 6.07) is 7.45. The minimum absolute atomic E-state index is 0.468. The van der Waals surface area contributed by atoms with Crippen LogP contribution in [0.3, 0.4) is 0 Å². The number of benzene rings is 1. The summed E-state index contributed by atoms with van der Waals surface area (Å²) in [6.45, 7) is 4.11. The van der Waals surface area contributed by atoms with Gasteiger partial charge in [0.05, 0.1) is 18.8 Å². The van der Waals surface area contributed by atoms with E-state index in [4.69, 9.17) is 4.74 Å². The van der Waals surface area contributed by atoms with Crippen LogP contribution in [0.2, 0.25) is 0 Å². The number of alkyl halides is 1. The minimum Gasteiger partial charge on any atom is -0.374 e. The molecule has 2 fully saturated rings. The van der Waals surface area contributed by atoms with Crippen molar-refractivity contribution >= 4 is 21.6 Å². The lowest BCUT2D eigenvalue weighted by atomic mass is 10.1. The van der Waals surface area contributed by atoms with E-state index in [0.717, 1.165) is 18.5 Å². The molecule has 0 spiro atoms. The Kier molecular flexibility index (Phi) is 3.62. The van der Waals surface area contributed by atoms with Crippen LogP contribution in [0.1, 0.15) is 30.4 Å². The van der Waals surface area contributed by atoms with Gasteiger partial charge in [-0.05, 0) is 49.4 Å². The van der Waals surface area contributed by atoms with Gasteiger partial charge in [-0.15, -0.1) is 0 Å². The number of anilines is 1. The second-order valence-electron chi connectivity index (χ2n) is 5.35. The third-order valence-electron chi connectivity index (χ3n) is 4.28. The first-order chi connectivity index (χ1) is 8.79. The van der Waals surface area contributed by atoms with Gasteiger partial charge in [0, 0.05) is 17.6 Å². The van der Waals surface area contributed by atoms with Gasteiger partial charge in [-0.25, -0.2) is 0 Å². The summed E-state index contributed by atoms with van der Waals surface area (Å²) in [7, 11) is 0. The van der Waals surface area contributed by atoms with Crippen molar-refractivity contribution < 1.29 is 4.74 Å². The third-order valence-corrected chi connectivity index (χ3v) is 4.89. The Morgan fingerprint density at radius 1 is 1.39 bits per heavy atom. The van der Waals surface area contributed by atoms with Crippen molar-refractivity contribution in [2.24, 2.45) is 0 Å². The van der Waals surface area contributed by atoms with Gasteiger partial charge in [-0.1, -0.05) is 22.0 Å². The van der Waals surface area contributed by atoms with Crippen LogP contribution in [-0.2, 0) is 10.1 Å². The SMILES string of the molecule is Cc1cc(N2CCOC3CCCC32)ccc1CBr. The van der Waals surface area contributed by atoms with Crippen LogP contribution in [0.5, 0.6) is 0 Å². The first-order valence-corrected chi connectivity index (χ1v) is 7.95. The number of morpholine rings is 1. The first-order valence-electron chi connectivity index (χ1n) is 6.83. The van der Waals surface area contributed by atoms with E-state index in [0.29, 0.717) is 12.1 Å². The van der Waals surface area contributed by atoms with Crippen LogP contribution in [0.15, 0.2) is 18.2 Å². The second-order valence-corrected chi connectivity index (χ2v) is 5.91. The molecule has 2 nitrogen and oxygen atoms in total. The van der Waals surface area contributed by atoms with Gasteiger partial charge in [0.1, 0.15) is 0 Å². The van der Waals surface area contributed by atoms with E-state index in [9.17, 15) is 0 Å². The molecule has 3 heteroatoms. The van der Waals surface area contributed by atoms with Crippen LogP contribution in [0, 0.1) is 6.92 Å². The molecule has 0 N–H and O–H groups in total. The number of fused-ring (bicyclic) bond motifs is 1. The molecule has 1 aromatic carbocycles. The molecule has 2 atom stereocenters. The molecule has 1 saturated carbocycles. The molecule has 0 aromatic heterocycles. The zero-order valence-corrected chi connectivity index (χ0v) is 12.4. The van der Waals surface area contributed by atoms with Gasteiger partial charge in [0.15, 0.2) is 0 Å². The number of aryl methyl sites for hydroxylation is 1. The summed E-state index contributed by atoms with van der Waals surface area (Å²) in [5.74, 6) is 0. The molecule has 1 aliphatic heterocycles. The van der Waals surface area contributed by atoms with Crippen LogP contribution in [-0.4, -0.2) is 25.3 Å². The van der Waals surface area contributed by atoms with Gasteiger partial charge in [0.2, 0.25) is 0 Å². The van der Waals surface area contributed by atoms with Crippen molar-refractivity contribution in [3.8, 4) is 0 Å². The largest absolute Gasteiger partial charge is 0.374 e. The highest BCUT2D eigenvalue weighted by atomic mass is 79.9. The molecule has 2 unspecified atom stereocenters. The quantitative estimate of drug-likeness (QED) is 0.773. The summed E-state index contributed by atoms with van der Waals surface area (Å²) in [4.78, 5) is 2.56. The van der Waals surface area contributed by atoms with Crippen LogP contribution < -0.4 is 4.90 Å². The van der Waals surface area contributed by atoms with Gasteiger partial charge in [-0.3, -0.25) is 0 Å². The topological polar surface area (TPSA) is 12.5 Å². The second kappa shape index (κ2) is 5.22. The van der Waals surface area contributed by atoms with Gasteiger partial charge >= 0.3 is 0 Å². The van der Waals surface area contributed by atoms with E-state index in [-0.39, 0.29) is 0 Å². The van der Waals surface area contributed by atoms with Gasteiger partial charge in [0.25, 0.3) is 0 Å². The van der Waals surface area contributed by atoms with Crippen molar-refractivity contribution in [1.29, 1.82) is 0 Å². The number of nitrogens with zero attached hydrogens (tertiary/aromatic N) is 1. The molecular weight excluding hydrogens is 290 g/mol. The molecule has 1 saturated heterocycles. The highest BCUT2D eigenvalue weighted by molar-refractivity contribution is 9.08. The molecule has 0 bridgehead atoms. The molecule has 1 aromatic rings. The number of halogens is 1. The summed E-state index contributed by atoms with van der Waals surface area (Å²) in [5.41, 5.74) is 4.14. The molecule has 1 aliphatic carbocycles. The third kappa shape index (κ3) is 2.19. The fourth-order valence-electron chi connectivity index (χ4n) is 3.25. The Morgan fingerprint density at radius 3 is 3.06 bits per heavy atom. The molecule has 0 amide bonds. The number of hydrogen-bond acceptors (Lipinski definition) is 2. The molecule has 3 rings (SSSR count). The van der Waals surface area contributed by atoms with Gasteiger partial charge < -0.3 is 9.64 Å². The Labute approximate surface area is 117 Å². The molecule has 1 heterocycles. The smallest absolute Gasteiger partial charge is 0.0779 e. The summed E-state index contributed by atoms with van der Waals surface area (Å²) in [5, 5.41) is 0.939. The lowest BCUT2D eigenvalue weighted by Gasteiger charge is -2.39. The zero-order chi connectivity index (χ0) is 12.5. The first kappa shape index (κ1) is 12.5. The van der Waals surface area contributed by atoms with Crippen molar-refractivity contribution in [2.75, 3.05) is 18.1 Å².